The highest BCUT2D eigenvalue weighted by Gasteiger charge is 2.41. The molecule has 14 heteroatoms. The van der Waals surface area contributed by atoms with Crippen LogP contribution in [0.3, 0.4) is 0 Å². The van der Waals surface area contributed by atoms with Gasteiger partial charge in [0.25, 0.3) is 11.4 Å². The molecule has 0 radical (unpaired) electrons. The van der Waals surface area contributed by atoms with Crippen LogP contribution in [0.2, 0.25) is 0 Å². The zero-order valence-electron chi connectivity index (χ0n) is 12.1. The van der Waals surface area contributed by atoms with Crippen LogP contribution >= 0.6 is 0 Å². The second-order valence-corrected chi connectivity index (χ2v) is 7.45. The Morgan fingerprint density at radius 2 is 1.60 bits per heavy atom. The van der Waals surface area contributed by atoms with Gasteiger partial charge >= 0.3 is 6.18 Å². The normalized spacial score (nSPS) is 22.6. The van der Waals surface area contributed by atoms with Gasteiger partial charge in [0, 0.05) is 12.1 Å². The van der Waals surface area contributed by atoms with E-state index in [1.165, 1.54) is 0 Å². The van der Waals surface area contributed by atoms with Gasteiger partial charge in [-0.1, -0.05) is 0 Å². The molecular weight excluding hydrogens is 375 g/mol. The van der Waals surface area contributed by atoms with Crippen LogP contribution in [0.1, 0.15) is 5.56 Å². The van der Waals surface area contributed by atoms with Gasteiger partial charge in [-0.05, 0) is 0 Å². The smallest absolute Gasteiger partial charge is 0.390 e. The molecule has 0 unspecified atom stereocenters. The number of anilines is 1. The molecule has 0 amide bonds. The van der Waals surface area contributed by atoms with Gasteiger partial charge in [-0.25, -0.2) is 8.42 Å². The highest BCUT2D eigenvalue weighted by molar-refractivity contribution is 7.91. The number of halogens is 3. The summed E-state index contributed by atoms with van der Waals surface area (Å²) in [4.78, 5) is 19.6. The fourth-order valence-corrected chi connectivity index (χ4v) is 4.10. The number of hydrogen-bond donors (Lipinski definition) is 2. The van der Waals surface area contributed by atoms with Gasteiger partial charge in [0.2, 0.25) is 0 Å². The van der Waals surface area contributed by atoms with Crippen molar-refractivity contribution in [2.75, 3.05) is 16.8 Å². The number of alkyl halides is 3. The van der Waals surface area contributed by atoms with E-state index in [0.717, 1.165) is 0 Å². The molecule has 138 valence electrons. The summed E-state index contributed by atoms with van der Waals surface area (Å²) in [5, 5.41) is 33.9. The predicted octanol–water partition coefficient (Wildman–Crippen LogP) is 1.09. The molecule has 0 saturated carbocycles. The zero-order valence-corrected chi connectivity index (χ0v) is 12.9. The number of nitro benzene ring substituents is 2. The first-order valence-corrected chi connectivity index (χ1v) is 8.33. The van der Waals surface area contributed by atoms with Crippen molar-refractivity contribution < 1.29 is 36.5 Å². The second-order valence-electron chi connectivity index (χ2n) is 5.30. The van der Waals surface area contributed by atoms with Crippen LogP contribution in [0.5, 0.6) is 0 Å². The Hall–Kier alpha value is -2.48. The molecule has 1 fully saturated rings. The third-order valence-electron chi connectivity index (χ3n) is 3.47. The maximum Gasteiger partial charge on any atom is 0.416 e. The Balaban J connectivity index is 2.59. The number of aliphatic hydroxyl groups excluding tert-OH is 1. The molecule has 0 aliphatic carbocycles. The van der Waals surface area contributed by atoms with E-state index >= 15 is 0 Å². The summed E-state index contributed by atoms with van der Waals surface area (Å²) in [6.07, 6.45) is -6.59. The van der Waals surface area contributed by atoms with Crippen LogP contribution in [0, 0.1) is 20.2 Å². The lowest BCUT2D eigenvalue weighted by Crippen LogP contribution is -2.32. The summed E-state index contributed by atoms with van der Waals surface area (Å²) >= 11 is 0. The summed E-state index contributed by atoms with van der Waals surface area (Å²) in [6, 6.07) is -1.13. The number of rotatable bonds is 4. The number of nitro groups is 2. The summed E-state index contributed by atoms with van der Waals surface area (Å²) < 4.78 is 61.3. The fourth-order valence-electron chi connectivity index (χ4n) is 2.36. The monoisotopic (exact) mass is 385 g/mol. The third kappa shape index (κ3) is 3.96. The Morgan fingerprint density at radius 3 is 1.92 bits per heavy atom. The van der Waals surface area contributed by atoms with Crippen molar-refractivity contribution in [3.05, 3.63) is 37.9 Å². The van der Waals surface area contributed by atoms with E-state index < -0.39 is 72.1 Å². The molecule has 0 aromatic heterocycles. The number of aliphatic hydroxyl groups is 1. The minimum Gasteiger partial charge on any atom is -0.390 e. The number of sulfone groups is 1. The van der Waals surface area contributed by atoms with Gasteiger partial charge < -0.3 is 10.4 Å². The topological polar surface area (TPSA) is 153 Å². The Bertz CT molecular complexity index is 805. The van der Waals surface area contributed by atoms with Crippen LogP contribution in [-0.4, -0.2) is 47.0 Å². The lowest BCUT2D eigenvalue weighted by molar-refractivity contribution is -0.392. The maximum atomic E-state index is 12.8. The molecule has 1 aliphatic rings. The lowest BCUT2D eigenvalue weighted by atomic mass is 10.1. The van der Waals surface area contributed by atoms with Crippen LogP contribution in [-0.2, 0) is 16.0 Å². The molecule has 2 atom stereocenters. The van der Waals surface area contributed by atoms with E-state index in [1.54, 1.807) is 0 Å². The Kier molecular flexibility index (Phi) is 4.61. The van der Waals surface area contributed by atoms with Crippen molar-refractivity contribution in [3.63, 3.8) is 0 Å². The molecule has 0 spiro atoms. The molecule has 0 bridgehead atoms. The minimum atomic E-state index is -5.07. The quantitative estimate of drug-likeness (QED) is 0.577. The average molecular weight is 385 g/mol. The maximum absolute atomic E-state index is 12.8. The van der Waals surface area contributed by atoms with Crippen molar-refractivity contribution in [2.24, 2.45) is 0 Å². The van der Waals surface area contributed by atoms with Gasteiger partial charge in [0.15, 0.2) is 15.5 Å². The van der Waals surface area contributed by atoms with E-state index in [1.807, 2.05) is 0 Å². The molecule has 10 nitrogen and oxygen atoms in total. The molecule has 1 saturated heterocycles. The number of hydrogen-bond acceptors (Lipinski definition) is 8. The first kappa shape index (κ1) is 18.9. The predicted molar refractivity (Wildman–Crippen MR) is 76.8 cm³/mol. The molecule has 1 heterocycles. The summed E-state index contributed by atoms with van der Waals surface area (Å²) in [6.45, 7) is 0. The van der Waals surface area contributed by atoms with E-state index in [-0.39, 0.29) is 12.1 Å². The lowest BCUT2D eigenvalue weighted by Gasteiger charge is -2.17. The van der Waals surface area contributed by atoms with Crippen molar-refractivity contribution in [1.29, 1.82) is 0 Å². The van der Waals surface area contributed by atoms with Gasteiger partial charge in [-0.2, -0.15) is 13.2 Å². The van der Waals surface area contributed by atoms with Crippen LogP contribution in [0.25, 0.3) is 0 Å². The summed E-state index contributed by atoms with van der Waals surface area (Å²) in [7, 11) is -3.69. The van der Waals surface area contributed by atoms with Crippen molar-refractivity contribution in [1.82, 2.24) is 0 Å². The van der Waals surface area contributed by atoms with Gasteiger partial charge in [0.1, 0.15) is 0 Å². The third-order valence-corrected chi connectivity index (χ3v) is 5.19. The van der Waals surface area contributed by atoms with E-state index in [2.05, 4.69) is 5.32 Å². The highest BCUT2D eigenvalue weighted by atomic mass is 32.2. The minimum absolute atomic E-state index is 0.102. The first-order valence-electron chi connectivity index (χ1n) is 6.51. The van der Waals surface area contributed by atoms with Crippen molar-refractivity contribution in [3.8, 4) is 0 Å². The Labute approximate surface area is 137 Å². The van der Waals surface area contributed by atoms with Gasteiger partial charge in [-0.3, -0.25) is 20.2 Å². The van der Waals surface area contributed by atoms with Gasteiger partial charge in [-0.15, -0.1) is 0 Å². The molecule has 1 aromatic carbocycles. The van der Waals surface area contributed by atoms with Crippen LogP contribution < -0.4 is 5.32 Å². The number of benzene rings is 1. The van der Waals surface area contributed by atoms with E-state index in [9.17, 15) is 46.9 Å². The van der Waals surface area contributed by atoms with E-state index in [0.29, 0.717) is 0 Å². The molecule has 1 aromatic rings. The van der Waals surface area contributed by atoms with Crippen LogP contribution in [0.4, 0.5) is 30.2 Å². The molecular formula is C11H10F3N3O7S. The summed E-state index contributed by atoms with van der Waals surface area (Å²) in [5.74, 6) is -1.35. The average Bonchev–Trinajstić information content (AvgIpc) is 2.69. The summed E-state index contributed by atoms with van der Waals surface area (Å²) in [5.41, 5.74) is -5.00. The molecule has 2 N–H and O–H groups in total. The molecule has 1 aliphatic heterocycles. The molecule has 2 rings (SSSR count). The van der Waals surface area contributed by atoms with Gasteiger partial charge in [0.05, 0.1) is 39.1 Å². The van der Waals surface area contributed by atoms with Crippen LogP contribution in [0.15, 0.2) is 12.1 Å². The largest absolute Gasteiger partial charge is 0.416 e. The van der Waals surface area contributed by atoms with Crippen molar-refractivity contribution in [2.45, 2.75) is 18.3 Å². The SMILES string of the molecule is O=[N+]([O-])c1cc(C(F)(F)F)cc([N+](=O)[O-])c1N[C@@H]1CS(=O)(=O)C[C@H]1O. The standard InChI is InChI=1S/C11H10F3N3O7S/c12-11(13,14)5-1-7(16(19)20)10(8(2-5)17(21)22)15-6-3-25(23,24)4-9(6)18/h1-2,6,9,15,18H,3-4H2/t6-,9-/m1/s1. The zero-order chi connectivity index (χ0) is 19.2. The number of nitrogens with one attached hydrogen (secondary N) is 1. The van der Waals surface area contributed by atoms with Crippen molar-refractivity contribution >= 4 is 26.9 Å². The second kappa shape index (κ2) is 6.11. The Morgan fingerprint density at radius 1 is 1.12 bits per heavy atom. The number of nitrogens with zero attached hydrogens (tertiary/aromatic N) is 2. The van der Waals surface area contributed by atoms with E-state index in [4.69, 9.17) is 0 Å². The molecule has 25 heavy (non-hydrogen) atoms. The fraction of sp³-hybridized carbons (Fsp3) is 0.455. The first-order chi connectivity index (χ1) is 11.3. The highest BCUT2D eigenvalue weighted by Crippen LogP contribution is 2.41.